The van der Waals surface area contributed by atoms with Gasteiger partial charge < -0.3 is 9.32 Å². The number of rotatable bonds is 4. The van der Waals surface area contributed by atoms with Crippen LogP contribution in [0.4, 0.5) is 0 Å². The van der Waals surface area contributed by atoms with Gasteiger partial charge in [-0.25, -0.2) is 0 Å². The van der Waals surface area contributed by atoms with Crippen LogP contribution in [-0.4, -0.2) is 34.1 Å². The molecule has 1 aromatic carbocycles. The van der Waals surface area contributed by atoms with E-state index in [1.165, 1.54) is 5.56 Å². The number of hydrogen-bond donors (Lipinski definition) is 0. The van der Waals surface area contributed by atoms with Crippen LogP contribution >= 0.6 is 0 Å². The Morgan fingerprint density at radius 3 is 2.52 bits per heavy atom. The third-order valence-electron chi connectivity index (χ3n) is 4.39. The lowest BCUT2D eigenvalue weighted by Gasteiger charge is -2.31. The molecule has 2 aromatic rings. The third kappa shape index (κ3) is 3.78. The molecule has 1 aliphatic heterocycles. The minimum absolute atomic E-state index is 0.121. The highest BCUT2D eigenvalue weighted by atomic mass is 16.4. The van der Waals surface area contributed by atoms with E-state index in [1.54, 1.807) is 0 Å². The minimum Gasteiger partial charge on any atom is -0.417 e. The van der Waals surface area contributed by atoms with Gasteiger partial charge in [-0.05, 0) is 30.7 Å². The Morgan fingerprint density at radius 1 is 1.22 bits per heavy atom. The van der Waals surface area contributed by atoms with Crippen LogP contribution in [0.1, 0.15) is 54.7 Å². The van der Waals surface area contributed by atoms with Gasteiger partial charge in [0.05, 0.1) is 0 Å². The first kappa shape index (κ1) is 15.7. The van der Waals surface area contributed by atoms with E-state index in [9.17, 15) is 4.79 Å². The molecule has 1 aliphatic rings. The summed E-state index contributed by atoms with van der Waals surface area (Å²) in [4.78, 5) is 14.3. The van der Waals surface area contributed by atoms with E-state index in [1.807, 2.05) is 24.8 Å². The maximum atomic E-state index is 12.4. The van der Waals surface area contributed by atoms with E-state index >= 15 is 0 Å². The zero-order valence-corrected chi connectivity index (χ0v) is 13.7. The van der Waals surface area contributed by atoms with Crippen molar-refractivity contribution in [2.45, 2.75) is 39.0 Å². The lowest BCUT2D eigenvalue weighted by molar-refractivity contribution is 0.0648. The van der Waals surface area contributed by atoms with Gasteiger partial charge in [0.25, 0.3) is 0 Å². The second-order valence-electron chi connectivity index (χ2n) is 6.53. The second-order valence-corrected chi connectivity index (χ2v) is 6.53. The largest absolute Gasteiger partial charge is 0.417 e. The molecule has 0 atom stereocenters. The monoisotopic (exact) mass is 313 g/mol. The van der Waals surface area contributed by atoms with Crippen LogP contribution in [0.3, 0.4) is 0 Å². The Balaban J connectivity index is 1.54. The van der Waals surface area contributed by atoms with Crippen molar-refractivity contribution < 1.29 is 9.21 Å². The number of aromatic nitrogens is 2. The normalized spacial score (nSPS) is 16.0. The second kappa shape index (κ2) is 6.94. The van der Waals surface area contributed by atoms with Crippen LogP contribution in [0.5, 0.6) is 0 Å². The first-order valence-electron chi connectivity index (χ1n) is 8.30. The van der Waals surface area contributed by atoms with E-state index < -0.39 is 0 Å². The van der Waals surface area contributed by atoms with Crippen LogP contribution in [0.2, 0.25) is 0 Å². The molecule has 1 fully saturated rings. The van der Waals surface area contributed by atoms with E-state index in [0.29, 0.717) is 11.8 Å². The van der Waals surface area contributed by atoms with Crippen LogP contribution < -0.4 is 0 Å². The number of likely N-dealkylation sites (tertiary alicyclic amines) is 1. The summed E-state index contributed by atoms with van der Waals surface area (Å²) in [6, 6.07) is 10.5. The van der Waals surface area contributed by atoms with Gasteiger partial charge in [-0.3, -0.25) is 4.79 Å². The molecule has 3 rings (SSSR count). The van der Waals surface area contributed by atoms with Gasteiger partial charge in [-0.15, -0.1) is 10.2 Å². The van der Waals surface area contributed by atoms with E-state index in [4.69, 9.17) is 4.42 Å². The summed E-state index contributed by atoms with van der Waals surface area (Å²) in [5.41, 5.74) is 1.37. The van der Waals surface area contributed by atoms with Crippen molar-refractivity contribution in [2.24, 2.45) is 5.92 Å². The van der Waals surface area contributed by atoms with Crippen LogP contribution in [0.25, 0.3) is 0 Å². The van der Waals surface area contributed by atoms with Gasteiger partial charge in [-0.1, -0.05) is 44.2 Å². The molecule has 0 spiro atoms. The SMILES string of the molecule is CC(C)c1nnc(C(=O)N2CCC(Cc3ccccc3)CC2)o1. The minimum atomic E-state index is -0.137. The van der Waals surface area contributed by atoms with Crippen molar-refractivity contribution in [3.63, 3.8) is 0 Å². The van der Waals surface area contributed by atoms with Crippen molar-refractivity contribution in [3.8, 4) is 0 Å². The molecule has 1 aromatic heterocycles. The van der Waals surface area contributed by atoms with Crippen LogP contribution in [0, 0.1) is 5.92 Å². The fourth-order valence-electron chi connectivity index (χ4n) is 2.98. The molecular formula is C18H23N3O2. The molecule has 0 N–H and O–H groups in total. The Hall–Kier alpha value is -2.17. The number of carbonyl (C=O) groups is 1. The van der Waals surface area contributed by atoms with Gasteiger partial charge in [0, 0.05) is 19.0 Å². The average Bonchev–Trinajstić information content (AvgIpc) is 3.06. The predicted molar refractivity (Wildman–Crippen MR) is 87.2 cm³/mol. The number of benzene rings is 1. The lowest BCUT2D eigenvalue weighted by atomic mass is 9.90. The molecule has 0 bridgehead atoms. The first-order valence-corrected chi connectivity index (χ1v) is 8.30. The van der Waals surface area contributed by atoms with Crippen LogP contribution in [0.15, 0.2) is 34.7 Å². The first-order chi connectivity index (χ1) is 11.1. The van der Waals surface area contributed by atoms with Crippen molar-refractivity contribution in [3.05, 3.63) is 47.7 Å². The maximum Gasteiger partial charge on any atom is 0.311 e. The molecule has 1 saturated heterocycles. The van der Waals surface area contributed by atoms with E-state index in [-0.39, 0.29) is 17.7 Å². The van der Waals surface area contributed by atoms with Gasteiger partial charge in [0.1, 0.15) is 0 Å². The third-order valence-corrected chi connectivity index (χ3v) is 4.39. The fraction of sp³-hybridized carbons (Fsp3) is 0.500. The van der Waals surface area contributed by atoms with Gasteiger partial charge in [-0.2, -0.15) is 0 Å². The summed E-state index contributed by atoms with van der Waals surface area (Å²) in [5.74, 6) is 1.28. The van der Waals surface area contributed by atoms with Gasteiger partial charge in [0.2, 0.25) is 5.89 Å². The maximum absolute atomic E-state index is 12.4. The van der Waals surface area contributed by atoms with Crippen molar-refractivity contribution in [1.82, 2.24) is 15.1 Å². The number of piperidine rings is 1. The molecule has 0 saturated carbocycles. The fourth-order valence-corrected chi connectivity index (χ4v) is 2.98. The van der Waals surface area contributed by atoms with Crippen molar-refractivity contribution in [1.29, 1.82) is 0 Å². The van der Waals surface area contributed by atoms with Crippen molar-refractivity contribution in [2.75, 3.05) is 13.1 Å². The lowest BCUT2D eigenvalue weighted by Crippen LogP contribution is -2.39. The van der Waals surface area contributed by atoms with E-state index in [0.717, 1.165) is 32.4 Å². The quantitative estimate of drug-likeness (QED) is 0.869. The highest BCUT2D eigenvalue weighted by Crippen LogP contribution is 2.23. The topological polar surface area (TPSA) is 59.2 Å². The Labute approximate surface area is 136 Å². The van der Waals surface area contributed by atoms with E-state index in [2.05, 4.69) is 34.5 Å². The summed E-state index contributed by atoms with van der Waals surface area (Å²) < 4.78 is 5.47. The standard InChI is InChI=1S/C18H23N3O2/c1-13(2)16-19-20-17(23-16)18(22)21-10-8-15(9-11-21)12-14-6-4-3-5-7-14/h3-7,13,15H,8-12H2,1-2H3. The van der Waals surface area contributed by atoms with Gasteiger partial charge in [0.15, 0.2) is 0 Å². The summed E-state index contributed by atoms with van der Waals surface area (Å²) in [7, 11) is 0. The summed E-state index contributed by atoms with van der Waals surface area (Å²) >= 11 is 0. The molecule has 5 nitrogen and oxygen atoms in total. The highest BCUT2D eigenvalue weighted by Gasteiger charge is 2.27. The molecule has 23 heavy (non-hydrogen) atoms. The molecule has 122 valence electrons. The molecule has 0 radical (unpaired) electrons. The summed E-state index contributed by atoms with van der Waals surface area (Å²) in [6.07, 6.45) is 3.12. The molecule has 5 heteroatoms. The Morgan fingerprint density at radius 2 is 1.91 bits per heavy atom. The highest BCUT2D eigenvalue weighted by molar-refractivity contribution is 5.89. The molecular weight excluding hydrogens is 290 g/mol. The smallest absolute Gasteiger partial charge is 0.311 e. The number of carbonyl (C=O) groups excluding carboxylic acids is 1. The van der Waals surface area contributed by atoms with Crippen LogP contribution in [-0.2, 0) is 6.42 Å². The zero-order chi connectivity index (χ0) is 16.2. The Bertz CT molecular complexity index is 643. The number of amides is 1. The van der Waals surface area contributed by atoms with Gasteiger partial charge >= 0.3 is 11.8 Å². The molecule has 2 heterocycles. The number of hydrogen-bond acceptors (Lipinski definition) is 4. The average molecular weight is 313 g/mol. The zero-order valence-electron chi connectivity index (χ0n) is 13.7. The Kier molecular flexibility index (Phi) is 4.74. The summed E-state index contributed by atoms with van der Waals surface area (Å²) in [6.45, 7) is 5.46. The predicted octanol–water partition coefficient (Wildman–Crippen LogP) is 3.29. The molecule has 1 amide bonds. The van der Waals surface area contributed by atoms with Crippen molar-refractivity contribution >= 4 is 5.91 Å². The summed E-state index contributed by atoms with van der Waals surface area (Å²) in [5, 5.41) is 7.83. The molecule has 0 aliphatic carbocycles. The molecule has 0 unspecified atom stereocenters. The number of nitrogens with zero attached hydrogens (tertiary/aromatic N) is 3.